The molecule has 0 atom stereocenters. The van der Waals surface area contributed by atoms with Crippen molar-refractivity contribution in [2.45, 2.75) is 58.3 Å². The Balaban J connectivity index is 1.46. The van der Waals surface area contributed by atoms with E-state index in [4.69, 9.17) is 0 Å². The molecule has 4 nitrogen and oxygen atoms in total. The molecule has 0 aromatic rings. The summed E-state index contributed by atoms with van der Waals surface area (Å²) in [7, 11) is 0. The van der Waals surface area contributed by atoms with Crippen LogP contribution in [0.5, 0.6) is 0 Å². The molecule has 5 rings (SSSR count). The van der Waals surface area contributed by atoms with E-state index in [1.807, 2.05) is 11.8 Å². The van der Waals surface area contributed by atoms with Crippen molar-refractivity contribution in [3.05, 3.63) is 0 Å². The Bertz CT molecular complexity index is 466. The standard InChI is InChI=1S/C19H30N2O2/c1-2-17(22)20-4-3-5-21(7-6-20)18(23)19-11-14-8-15(12-19)10-16(9-14)13-19/h14-16H,2-13H2,1H3. The topological polar surface area (TPSA) is 40.6 Å². The minimum Gasteiger partial charge on any atom is -0.341 e. The van der Waals surface area contributed by atoms with Crippen LogP contribution >= 0.6 is 0 Å². The SMILES string of the molecule is CCC(=O)N1CCCN(C(=O)C23CC4CC(CC(C4)C2)C3)CC1. The van der Waals surface area contributed by atoms with Gasteiger partial charge in [-0.05, 0) is 62.7 Å². The van der Waals surface area contributed by atoms with Crippen molar-refractivity contribution >= 4 is 11.8 Å². The Hall–Kier alpha value is -1.06. The molecule has 0 N–H and O–H groups in total. The molecule has 0 radical (unpaired) electrons. The fraction of sp³-hybridized carbons (Fsp3) is 0.895. The van der Waals surface area contributed by atoms with Gasteiger partial charge >= 0.3 is 0 Å². The summed E-state index contributed by atoms with van der Waals surface area (Å²) < 4.78 is 0. The van der Waals surface area contributed by atoms with E-state index in [9.17, 15) is 9.59 Å². The zero-order chi connectivity index (χ0) is 16.0. The Morgan fingerprint density at radius 1 is 0.870 bits per heavy atom. The van der Waals surface area contributed by atoms with Gasteiger partial charge in [0.25, 0.3) is 0 Å². The van der Waals surface area contributed by atoms with Crippen molar-refractivity contribution < 1.29 is 9.59 Å². The van der Waals surface area contributed by atoms with Crippen LogP contribution in [0.15, 0.2) is 0 Å². The molecular formula is C19H30N2O2. The van der Waals surface area contributed by atoms with E-state index in [1.54, 1.807) is 0 Å². The fourth-order valence-corrected chi connectivity index (χ4v) is 6.30. The first-order valence-corrected chi connectivity index (χ1v) is 9.67. The van der Waals surface area contributed by atoms with Crippen molar-refractivity contribution in [1.29, 1.82) is 0 Å². The van der Waals surface area contributed by atoms with Crippen LogP contribution in [0.4, 0.5) is 0 Å². The van der Waals surface area contributed by atoms with Crippen LogP contribution in [-0.2, 0) is 9.59 Å². The average molecular weight is 318 g/mol. The van der Waals surface area contributed by atoms with Gasteiger partial charge in [-0.2, -0.15) is 0 Å². The third kappa shape index (κ3) is 2.68. The van der Waals surface area contributed by atoms with E-state index < -0.39 is 0 Å². The first kappa shape index (κ1) is 15.5. The van der Waals surface area contributed by atoms with Crippen LogP contribution in [-0.4, -0.2) is 47.8 Å². The number of amides is 2. The summed E-state index contributed by atoms with van der Waals surface area (Å²) in [5.74, 6) is 3.11. The normalized spacial score (nSPS) is 39.4. The second-order valence-corrected chi connectivity index (χ2v) is 8.58. The molecule has 4 aliphatic carbocycles. The number of carbonyl (C=O) groups is 2. The van der Waals surface area contributed by atoms with E-state index >= 15 is 0 Å². The molecule has 0 unspecified atom stereocenters. The van der Waals surface area contributed by atoms with Crippen molar-refractivity contribution in [3.8, 4) is 0 Å². The van der Waals surface area contributed by atoms with E-state index in [2.05, 4.69) is 4.90 Å². The lowest BCUT2D eigenvalue weighted by atomic mass is 9.49. The quantitative estimate of drug-likeness (QED) is 0.785. The molecule has 2 amide bonds. The van der Waals surface area contributed by atoms with E-state index in [0.29, 0.717) is 12.3 Å². The van der Waals surface area contributed by atoms with Gasteiger partial charge in [0.15, 0.2) is 0 Å². The van der Waals surface area contributed by atoms with Gasteiger partial charge in [0.05, 0.1) is 5.41 Å². The van der Waals surface area contributed by atoms with Crippen LogP contribution in [0.2, 0.25) is 0 Å². The van der Waals surface area contributed by atoms with Crippen LogP contribution in [0.3, 0.4) is 0 Å². The number of nitrogens with zero attached hydrogens (tertiary/aromatic N) is 2. The Morgan fingerprint density at radius 3 is 1.96 bits per heavy atom. The molecule has 4 bridgehead atoms. The maximum atomic E-state index is 13.4. The van der Waals surface area contributed by atoms with Gasteiger partial charge in [-0.3, -0.25) is 9.59 Å². The summed E-state index contributed by atoms with van der Waals surface area (Å²) in [4.78, 5) is 29.4. The molecule has 128 valence electrons. The van der Waals surface area contributed by atoms with Gasteiger partial charge < -0.3 is 9.80 Å². The maximum absolute atomic E-state index is 13.4. The third-order valence-electron chi connectivity index (χ3n) is 6.93. The maximum Gasteiger partial charge on any atom is 0.228 e. The molecular weight excluding hydrogens is 288 g/mol. The number of hydrogen-bond acceptors (Lipinski definition) is 2. The van der Waals surface area contributed by atoms with E-state index in [1.165, 1.54) is 19.3 Å². The Labute approximate surface area is 139 Å². The lowest BCUT2D eigenvalue weighted by Crippen LogP contribution is -2.55. The van der Waals surface area contributed by atoms with E-state index in [0.717, 1.165) is 69.6 Å². The fourth-order valence-electron chi connectivity index (χ4n) is 6.30. The first-order chi connectivity index (χ1) is 11.1. The molecule has 0 aromatic heterocycles. The van der Waals surface area contributed by atoms with E-state index in [-0.39, 0.29) is 11.3 Å². The molecule has 1 saturated heterocycles. The molecule has 4 heteroatoms. The summed E-state index contributed by atoms with van der Waals surface area (Å²) in [6.45, 7) is 5.05. The molecule has 4 saturated carbocycles. The van der Waals surface area contributed by atoms with Crippen molar-refractivity contribution in [2.75, 3.05) is 26.2 Å². The summed E-state index contributed by atoms with van der Waals surface area (Å²) in [5.41, 5.74) is -0.0291. The molecule has 0 aromatic carbocycles. The number of hydrogen-bond donors (Lipinski definition) is 0. The predicted molar refractivity (Wildman–Crippen MR) is 88.7 cm³/mol. The highest BCUT2D eigenvalue weighted by Gasteiger charge is 2.55. The minimum atomic E-state index is -0.0291. The lowest BCUT2D eigenvalue weighted by Gasteiger charge is -2.56. The number of rotatable bonds is 2. The zero-order valence-corrected chi connectivity index (χ0v) is 14.4. The molecule has 1 aliphatic heterocycles. The van der Waals surface area contributed by atoms with Gasteiger partial charge in [-0.1, -0.05) is 6.92 Å². The Morgan fingerprint density at radius 2 is 1.39 bits per heavy atom. The van der Waals surface area contributed by atoms with Crippen molar-refractivity contribution in [1.82, 2.24) is 9.80 Å². The first-order valence-electron chi connectivity index (χ1n) is 9.67. The predicted octanol–water partition coefficient (Wildman–Crippen LogP) is 2.67. The van der Waals surface area contributed by atoms with Crippen LogP contribution in [0, 0.1) is 23.2 Å². The highest BCUT2D eigenvalue weighted by atomic mass is 16.2. The molecule has 1 heterocycles. The summed E-state index contributed by atoms with van der Waals surface area (Å²) >= 11 is 0. The smallest absolute Gasteiger partial charge is 0.228 e. The molecule has 5 fully saturated rings. The van der Waals surface area contributed by atoms with Crippen LogP contribution in [0.1, 0.15) is 58.3 Å². The third-order valence-corrected chi connectivity index (χ3v) is 6.93. The summed E-state index contributed by atoms with van der Waals surface area (Å²) in [6, 6.07) is 0. The summed E-state index contributed by atoms with van der Waals surface area (Å²) in [6.07, 6.45) is 9.08. The lowest BCUT2D eigenvalue weighted by molar-refractivity contribution is -0.157. The van der Waals surface area contributed by atoms with Crippen molar-refractivity contribution in [3.63, 3.8) is 0 Å². The van der Waals surface area contributed by atoms with Gasteiger partial charge in [-0.25, -0.2) is 0 Å². The van der Waals surface area contributed by atoms with Crippen molar-refractivity contribution in [2.24, 2.45) is 23.2 Å². The molecule has 23 heavy (non-hydrogen) atoms. The zero-order valence-electron chi connectivity index (χ0n) is 14.4. The second kappa shape index (κ2) is 5.78. The van der Waals surface area contributed by atoms with Gasteiger partial charge in [0.1, 0.15) is 0 Å². The summed E-state index contributed by atoms with van der Waals surface area (Å²) in [5, 5.41) is 0. The second-order valence-electron chi connectivity index (χ2n) is 8.58. The number of carbonyl (C=O) groups excluding carboxylic acids is 2. The highest BCUT2D eigenvalue weighted by molar-refractivity contribution is 5.83. The molecule has 0 spiro atoms. The Kier molecular flexibility index (Phi) is 3.89. The van der Waals surface area contributed by atoms with Gasteiger partial charge in [0, 0.05) is 32.6 Å². The molecule has 5 aliphatic rings. The van der Waals surface area contributed by atoms with Gasteiger partial charge in [0.2, 0.25) is 11.8 Å². The largest absolute Gasteiger partial charge is 0.341 e. The minimum absolute atomic E-state index is 0.0291. The van der Waals surface area contributed by atoms with Crippen LogP contribution < -0.4 is 0 Å². The monoisotopic (exact) mass is 318 g/mol. The average Bonchev–Trinajstić information content (AvgIpc) is 2.78. The highest BCUT2D eigenvalue weighted by Crippen LogP contribution is 2.60. The van der Waals surface area contributed by atoms with Crippen LogP contribution in [0.25, 0.3) is 0 Å². The van der Waals surface area contributed by atoms with Gasteiger partial charge in [-0.15, -0.1) is 0 Å².